The van der Waals surface area contributed by atoms with Crippen LogP contribution in [-0.4, -0.2) is 50.3 Å². The first-order chi connectivity index (χ1) is 11.3. The predicted molar refractivity (Wildman–Crippen MR) is 101 cm³/mol. The Morgan fingerprint density at radius 2 is 2.17 bits per heavy atom. The van der Waals surface area contributed by atoms with E-state index in [0.29, 0.717) is 32.2 Å². The van der Waals surface area contributed by atoms with Crippen molar-refractivity contribution in [2.75, 3.05) is 38.3 Å². The highest BCUT2D eigenvalue weighted by molar-refractivity contribution is 7.99. The van der Waals surface area contributed by atoms with Gasteiger partial charge < -0.3 is 20.1 Å². The first-order valence-corrected chi connectivity index (χ1v) is 9.22. The molecule has 0 radical (unpaired) electrons. The lowest BCUT2D eigenvalue weighted by atomic mass is 10.2. The van der Waals surface area contributed by atoms with Crippen LogP contribution in [0.1, 0.15) is 18.4 Å². The van der Waals surface area contributed by atoms with E-state index in [0.717, 1.165) is 35.8 Å². The van der Waals surface area contributed by atoms with Crippen molar-refractivity contribution in [3.05, 3.63) is 29.8 Å². The highest BCUT2D eigenvalue weighted by Crippen LogP contribution is 2.12. The van der Waals surface area contributed by atoms with E-state index in [4.69, 9.17) is 9.47 Å². The van der Waals surface area contributed by atoms with Crippen LogP contribution in [0, 0.1) is 0 Å². The number of hydrogen-bond donors (Lipinski definition) is 2. The van der Waals surface area contributed by atoms with Crippen LogP contribution in [0.2, 0.25) is 0 Å². The number of rotatable bonds is 9. The van der Waals surface area contributed by atoms with Crippen LogP contribution in [0.15, 0.2) is 24.3 Å². The van der Waals surface area contributed by atoms with Gasteiger partial charge in [0.25, 0.3) is 0 Å². The summed E-state index contributed by atoms with van der Waals surface area (Å²) in [6.45, 7) is 2.90. The number of halogens is 1. The van der Waals surface area contributed by atoms with Crippen LogP contribution in [0.4, 0.5) is 0 Å². The number of nitrogens with one attached hydrogen (secondary N) is 2. The molecule has 2 rings (SSSR count). The third-order valence-electron chi connectivity index (χ3n) is 3.65. The maximum Gasteiger partial charge on any atom is 0.221 e. The fourth-order valence-electron chi connectivity index (χ4n) is 2.36. The Morgan fingerprint density at radius 3 is 2.83 bits per heavy atom. The third-order valence-corrected chi connectivity index (χ3v) is 4.78. The molecule has 24 heavy (non-hydrogen) atoms. The smallest absolute Gasteiger partial charge is 0.221 e. The van der Waals surface area contributed by atoms with Gasteiger partial charge in [-0.1, -0.05) is 12.1 Å². The average Bonchev–Trinajstić information content (AvgIpc) is 2.59. The molecule has 2 N–H and O–H groups in total. The Balaban J connectivity index is 0.00000288. The molecule has 1 aromatic carbocycles. The number of methoxy groups -OCH3 is 1. The molecular formula is C17H27ClN2O3S. The SMILES string of the molecule is COc1ccc(COCCCNC(=O)CC2CSCCN2)cc1.Cl. The van der Waals surface area contributed by atoms with Crippen LogP contribution >= 0.6 is 24.2 Å². The van der Waals surface area contributed by atoms with Crippen molar-refractivity contribution in [1.29, 1.82) is 0 Å². The summed E-state index contributed by atoms with van der Waals surface area (Å²) in [6, 6.07) is 8.17. The first-order valence-electron chi connectivity index (χ1n) is 8.06. The summed E-state index contributed by atoms with van der Waals surface area (Å²) in [5.41, 5.74) is 1.12. The summed E-state index contributed by atoms with van der Waals surface area (Å²) in [4.78, 5) is 11.8. The lowest BCUT2D eigenvalue weighted by molar-refractivity contribution is -0.121. The zero-order chi connectivity index (χ0) is 16.3. The highest BCUT2D eigenvalue weighted by atomic mass is 35.5. The molecule has 1 saturated heterocycles. The van der Waals surface area contributed by atoms with Gasteiger partial charge in [0, 0.05) is 43.7 Å². The maximum absolute atomic E-state index is 11.8. The van der Waals surface area contributed by atoms with Crippen molar-refractivity contribution in [2.24, 2.45) is 0 Å². The van der Waals surface area contributed by atoms with Crippen LogP contribution in [-0.2, 0) is 16.1 Å². The molecule has 1 heterocycles. The molecule has 1 atom stereocenters. The number of thioether (sulfide) groups is 1. The van der Waals surface area contributed by atoms with E-state index in [2.05, 4.69) is 10.6 Å². The zero-order valence-electron chi connectivity index (χ0n) is 14.1. The Bertz CT molecular complexity index is 467. The summed E-state index contributed by atoms with van der Waals surface area (Å²) in [6.07, 6.45) is 1.40. The van der Waals surface area contributed by atoms with Gasteiger partial charge in [0.05, 0.1) is 13.7 Å². The van der Waals surface area contributed by atoms with Gasteiger partial charge in [0.1, 0.15) is 5.75 Å². The second-order valence-electron chi connectivity index (χ2n) is 5.53. The van der Waals surface area contributed by atoms with E-state index in [1.807, 2.05) is 36.0 Å². The molecular weight excluding hydrogens is 348 g/mol. The van der Waals surface area contributed by atoms with Crippen LogP contribution in [0.3, 0.4) is 0 Å². The molecule has 7 heteroatoms. The zero-order valence-corrected chi connectivity index (χ0v) is 15.7. The molecule has 1 fully saturated rings. The number of carbonyl (C=O) groups excluding carboxylic acids is 1. The summed E-state index contributed by atoms with van der Waals surface area (Å²) < 4.78 is 10.7. The van der Waals surface area contributed by atoms with E-state index in [1.165, 1.54) is 0 Å². The van der Waals surface area contributed by atoms with Gasteiger partial charge in [-0.25, -0.2) is 0 Å². The summed E-state index contributed by atoms with van der Waals surface area (Å²) in [5, 5.41) is 6.33. The van der Waals surface area contributed by atoms with Gasteiger partial charge in [-0.15, -0.1) is 12.4 Å². The Hall–Kier alpha value is -0.950. The van der Waals surface area contributed by atoms with E-state index in [-0.39, 0.29) is 18.3 Å². The predicted octanol–water partition coefficient (Wildman–Crippen LogP) is 2.23. The largest absolute Gasteiger partial charge is 0.497 e. The second-order valence-corrected chi connectivity index (χ2v) is 6.68. The van der Waals surface area contributed by atoms with Crippen molar-refractivity contribution < 1.29 is 14.3 Å². The molecule has 0 aromatic heterocycles. The van der Waals surface area contributed by atoms with Crippen molar-refractivity contribution >= 4 is 30.1 Å². The minimum Gasteiger partial charge on any atom is -0.497 e. The molecule has 1 aliphatic rings. The van der Waals surface area contributed by atoms with Crippen LogP contribution in [0.5, 0.6) is 5.75 Å². The van der Waals surface area contributed by atoms with Crippen LogP contribution < -0.4 is 15.4 Å². The minimum atomic E-state index is 0. The number of carbonyl (C=O) groups is 1. The van der Waals surface area contributed by atoms with E-state index < -0.39 is 0 Å². The van der Waals surface area contributed by atoms with Gasteiger partial charge in [-0.05, 0) is 24.1 Å². The van der Waals surface area contributed by atoms with Crippen molar-refractivity contribution in [3.8, 4) is 5.75 Å². The van der Waals surface area contributed by atoms with Gasteiger partial charge in [-0.2, -0.15) is 11.8 Å². The molecule has 1 aliphatic heterocycles. The molecule has 0 aliphatic carbocycles. The normalized spacial score (nSPS) is 17.0. The third kappa shape index (κ3) is 8.24. The van der Waals surface area contributed by atoms with Gasteiger partial charge in [0.15, 0.2) is 0 Å². The number of amides is 1. The van der Waals surface area contributed by atoms with Gasteiger partial charge in [0.2, 0.25) is 5.91 Å². The first kappa shape index (κ1) is 21.1. The molecule has 0 bridgehead atoms. The Kier molecular flexibility index (Phi) is 10.9. The molecule has 1 unspecified atom stereocenters. The maximum atomic E-state index is 11.8. The standard InChI is InChI=1S/C17H26N2O3S.ClH/c1-21-16-5-3-14(4-6-16)12-22-9-2-7-19-17(20)11-15-13-23-10-8-18-15;/h3-6,15,18H,2,7-13H2,1H3,(H,19,20);1H. The van der Waals surface area contributed by atoms with Crippen LogP contribution in [0.25, 0.3) is 0 Å². The Labute approximate surface area is 154 Å². The molecule has 1 aromatic rings. The van der Waals surface area contributed by atoms with Crippen molar-refractivity contribution in [2.45, 2.75) is 25.5 Å². The summed E-state index contributed by atoms with van der Waals surface area (Å²) in [7, 11) is 1.66. The highest BCUT2D eigenvalue weighted by Gasteiger charge is 2.16. The second kappa shape index (κ2) is 12.4. The molecule has 1 amide bonds. The van der Waals surface area contributed by atoms with Gasteiger partial charge >= 0.3 is 0 Å². The molecule has 5 nitrogen and oxygen atoms in total. The quantitative estimate of drug-likeness (QED) is 0.649. The Morgan fingerprint density at radius 1 is 1.38 bits per heavy atom. The lowest BCUT2D eigenvalue weighted by Crippen LogP contribution is -2.41. The fourth-order valence-corrected chi connectivity index (χ4v) is 3.31. The number of ether oxygens (including phenoxy) is 2. The molecule has 136 valence electrons. The lowest BCUT2D eigenvalue weighted by Gasteiger charge is -2.22. The van der Waals surface area contributed by atoms with Crippen molar-refractivity contribution in [3.63, 3.8) is 0 Å². The summed E-state index contributed by atoms with van der Waals surface area (Å²) >= 11 is 1.91. The number of benzene rings is 1. The topological polar surface area (TPSA) is 59.6 Å². The average molecular weight is 375 g/mol. The van der Waals surface area contributed by atoms with E-state index >= 15 is 0 Å². The van der Waals surface area contributed by atoms with E-state index in [1.54, 1.807) is 7.11 Å². The fraction of sp³-hybridized carbons (Fsp3) is 0.588. The monoisotopic (exact) mass is 374 g/mol. The summed E-state index contributed by atoms with van der Waals surface area (Å²) in [5.74, 6) is 3.14. The molecule has 0 saturated carbocycles. The van der Waals surface area contributed by atoms with Gasteiger partial charge in [-0.3, -0.25) is 4.79 Å². The number of hydrogen-bond acceptors (Lipinski definition) is 5. The molecule has 0 spiro atoms. The van der Waals surface area contributed by atoms with E-state index in [9.17, 15) is 4.79 Å². The minimum absolute atomic E-state index is 0. The van der Waals surface area contributed by atoms with Crippen molar-refractivity contribution in [1.82, 2.24) is 10.6 Å².